The zero-order chi connectivity index (χ0) is 12.3. The monoisotopic (exact) mass is 231 g/mol. The molecule has 1 unspecified atom stereocenters. The van der Waals surface area contributed by atoms with Gasteiger partial charge in [-0.3, -0.25) is 4.79 Å². The van der Waals surface area contributed by atoms with Crippen LogP contribution in [0.4, 0.5) is 8.78 Å². The van der Waals surface area contributed by atoms with Crippen molar-refractivity contribution in [3.63, 3.8) is 0 Å². The first-order valence-corrected chi connectivity index (χ1v) is 5.03. The van der Waals surface area contributed by atoms with Crippen molar-refractivity contribution in [2.75, 3.05) is 0 Å². The van der Waals surface area contributed by atoms with E-state index in [2.05, 4.69) is 0 Å². The predicted molar refractivity (Wildman–Crippen MR) is 55.6 cm³/mol. The first-order valence-electron chi connectivity index (χ1n) is 5.03. The Hall–Kier alpha value is -1.39. The summed E-state index contributed by atoms with van der Waals surface area (Å²) in [5, 5.41) is 8.71. The lowest BCUT2D eigenvalue weighted by Crippen LogP contribution is -2.18. The third-order valence-corrected chi connectivity index (χ3v) is 2.24. The zero-order valence-corrected chi connectivity index (χ0v) is 9.28. The summed E-state index contributed by atoms with van der Waals surface area (Å²) in [6.45, 7) is 2.06. The number of hydrogen-bond acceptors (Lipinski definition) is 1. The number of halogens is 2. The van der Waals surface area contributed by atoms with Crippen LogP contribution >= 0.6 is 0 Å². The van der Waals surface area contributed by atoms with Gasteiger partial charge < -0.3 is 9.67 Å². The van der Waals surface area contributed by atoms with E-state index in [4.69, 9.17) is 5.11 Å². The smallest absolute Gasteiger partial charge is 0.306 e. The number of rotatable bonds is 5. The molecule has 0 aromatic carbocycles. The van der Waals surface area contributed by atoms with Crippen LogP contribution in [0.5, 0.6) is 0 Å². The fourth-order valence-electron chi connectivity index (χ4n) is 1.47. The minimum atomic E-state index is -2.76. The molecule has 90 valence electrons. The summed E-state index contributed by atoms with van der Waals surface area (Å²) in [4.78, 5) is 10.6. The lowest BCUT2D eigenvalue weighted by Gasteiger charge is -2.10. The van der Waals surface area contributed by atoms with Crippen LogP contribution in [0.25, 0.3) is 0 Å². The molecular formula is C11H15F2NO2. The average Bonchev–Trinajstić information content (AvgIpc) is 2.49. The second kappa shape index (κ2) is 4.63. The van der Waals surface area contributed by atoms with Crippen LogP contribution < -0.4 is 0 Å². The molecule has 1 heterocycles. The summed E-state index contributed by atoms with van der Waals surface area (Å²) in [5.41, 5.74) is 0.763. The minimum Gasteiger partial charge on any atom is -0.481 e. The molecule has 5 heteroatoms. The molecule has 3 nitrogen and oxygen atoms in total. The molecule has 1 rings (SSSR count). The van der Waals surface area contributed by atoms with E-state index < -0.39 is 17.8 Å². The fraction of sp³-hybridized carbons (Fsp3) is 0.545. The number of aliphatic carboxylic acids is 1. The number of carboxylic acids is 1. The van der Waals surface area contributed by atoms with Crippen LogP contribution in [0.2, 0.25) is 0 Å². The van der Waals surface area contributed by atoms with Gasteiger partial charge in [0.15, 0.2) is 0 Å². The van der Waals surface area contributed by atoms with Gasteiger partial charge in [0.1, 0.15) is 0 Å². The first kappa shape index (κ1) is 12.7. The molecular weight excluding hydrogens is 216 g/mol. The van der Waals surface area contributed by atoms with E-state index in [1.54, 1.807) is 25.4 Å². The topological polar surface area (TPSA) is 42.2 Å². The Bertz CT molecular complexity index is 368. The Balaban J connectivity index is 2.62. The summed E-state index contributed by atoms with van der Waals surface area (Å²) in [6, 6.07) is 1.67. The zero-order valence-electron chi connectivity index (χ0n) is 9.28. The number of carboxylic acid groups (broad SMARTS) is 1. The number of alkyl halides is 2. The Kier molecular flexibility index (Phi) is 3.67. The van der Waals surface area contributed by atoms with E-state index in [-0.39, 0.29) is 6.54 Å². The molecule has 1 atom stereocenters. The molecule has 0 fully saturated rings. The lowest BCUT2D eigenvalue weighted by molar-refractivity contribution is -0.141. The second-order valence-electron chi connectivity index (χ2n) is 4.21. The maximum absolute atomic E-state index is 12.7. The number of carbonyl (C=O) groups is 1. The number of hydrogen-bond donors (Lipinski definition) is 1. The molecule has 1 N–H and O–H groups in total. The van der Waals surface area contributed by atoms with Gasteiger partial charge in [0.2, 0.25) is 0 Å². The van der Waals surface area contributed by atoms with Gasteiger partial charge in [0.05, 0.1) is 12.5 Å². The molecule has 0 aliphatic carbocycles. The normalized spacial score (nSPS) is 13.8. The Morgan fingerprint density at radius 3 is 2.75 bits per heavy atom. The largest absolute Gasteiger partial charge is 0.481 e. The van der Waals surface area contributed by atoms with E-state index >= 15 is 0 Å². The van der Waals surface area contributed by atoms with Crippen molar-refractivity contribution in [1.82, 2.24) is 4.57 Å². The van der Waals surface area contributed by atoms with Gasteiger partial charge in [-0.15, -0.1) is 0 Å². The van der Waals surface area contributed by atoms with E-state index in [1.807, 2.05) is 0 Å². The molecule has 1 aromatic rings. The maximum atomic E-state index is 12.7. The van der Waals surface area contributed by atoms with Crippen LogP contribution in [0.3, 0.4) is 0 Å². The van der Waals surface area contributed by atoms with Gasteiger partial charge in [-0.2, -0.15) is 0 Å². The van der Waals surface area contributed by atoms with E-state index in [9.17, 15) is 13.6 Å². The molecule has 1 aromatic heterocycles. The molecule has 0 radical (unpaired) electrons. The van der Waals surface area contributed by atoms with Crippen molar-refractivity contribution in [2.45, 2.75) is 32.7 Å². The van der Waals surface area contributed by atoms with Crippen LogP contribution in [0, 0.1) is 5.92 Å². The minimum absolute atomic E-state index is 0.359. The highest BCUT2D eigenvalue weighted by atomic mass is 19.3. The Morgan fingerprint density at radius 2 is 2.25 bits per heavy atom. The van der Waals surface area contributed by atoms with Crippen molar-refractivity contribution in [1.29, 1.82) is 0 Å². The highest BCUT2D eigenvalue weighted by Gasteiger charge is 2.21. The quantitative estimate of drug-likeness (QED) is 0.845. The van der Waals surface area contributed by atoms with Crippen LogP contribution in [0.1, 0.15) is 19.4 Å². The van der Waals surface area contributed by atoms with Crippen molar-refractivity contribution >= 4 is 5.97 Å². The van der Waals surface area contributed by atoms with Gasteiger partial charge in [-0.25, -0.2) is 8.78 Å². The standard InChI is InChI=1S/C11H15F2NO2/c1-8(10(15)16)5-9-3-4-14(6-9)7-11(2,12)13/h3-4,6,8H,5,7H2,1-2H3,(H,15,16). The van der Waals surface area contributed by atoms with Crippen molar-refractivity contribution in [3.05, 3.63) is 24.0 Å². The van der Waals surface area contributed by atoms with Gasteiger partial charge in [0.25, 0.3) is 5.92 Å². The number of aromatic nitrogens is 1. The SMILES string of the molecule is CC(Cc1ccn(CC(C)(F)F)c1)C(=O)O. The van der Waals surface area contributed by atoms with Crippen molar-refractivity contribution in [3.8, 4) is 0 Å². The molecule has 0 aliphatic rings. The van der Waals surface area contributed by atoms with Gasteiger partial charge >= 0.3 is 5.97 Å². The Labute approximate surface area is 92.7 Å². The lowest BCUT2D eigenvalue weighted by atomic mass is 10.0. The van der Waals surface area contributed by atoms with Gasteiger partial charge in [0, 0.05) is 19.3 Å². The highest BCUT2D eigenvalue weighted by molar-refractivity contribution is 5.69. The molecule has 16 heavy (non-hydrogen) atoms. The number of nitrogens with zero attached hydrogens (tertiary/aromatic N) is 1. The Morgan fingerprint density at radius 1 is 1.62 bits per heavy atom. The van der Waals surface area contributed by atoms with Crippen molar-refractivity contribution < 1.29 is 18.7 Å². The van der Waals surface area contributed by atoms with Gasteiger partial charge in [-0.05, 0) is 18.1 Å². The van der Waals surface area contributed by atoms with Crippen LogP contribution in [-0.4, -0.2) is 21.6 Å². The third kappa shape index (κ3) is 4.00. The molecule has 0 amide bonds. The van der Waals surface area contributed by atoms with Crippen LogP contribution in [-0.2, 0) is 17.8 Å². The molecule has 0 saturated heterocycles. The fourth-order valence-corrected chi connectivity index (χ4v) is 1.47. The van der Waals surface area contributed by atoms with Crippen molar-refractivity contribution in [2.24, 2.45) is 5.92 Å². The summed E-state index contributed by atoms with van der Waals surface area (Å²) in [7, 11) is 0. The van der Waals surface area contributed by atoms with Gasteiger partial charge in [-0.1, -0.05) is 6.92 Å². The third-order valence-electron chi connectivity index (χ3n) is 2.24. The molecule has 0 bridgehead atoms. The summed E-state index contributed by atoms with van der Waals surface area (Å²) in [5.74, 6) is -4.14. The summed E-state index contributed by atoms with van der Waals surface area (Å²) < 4.78 is 26.8. The molecule has 0 aliphatic heterocycles. The molecule has 0 saturated carbocycles. The summed E-state index contributed by atoms with van der Waals surface area (Å²) >= 11 is 0. The average molecular weight is 231 g/mol. The van der Waals surface area contributed by atoms with Crippen LogP contribution in [0.15, 0.2) is 18.5 Å². The van der Waals surface area contributed by atoms with E-state index in [0.717, 1.165) is 12.5 Å². The van der Waals surface area contributed by atoms with E-state index in [0.29, 0.717) is 6.42 Å². The molecule has 0 spiro atoms. The first-order chi connectivity index (χ1) is 7.28. The second-order valence-corrected chi connectivity index (χ2v) is 4.21. The predicted octanol–water partition coefficient (Wildman–Crippen LogP) is 2.41. The van der Waals surface area contributed by atoms with E-state index in [1.165, 1.54) is 4.57 Å². The summed E-state index contributed by atoms with van der Waals surface area (Å²) in [6.07, 6.45) is 3.47. The maximum Gasteiger partial charge on any atom is 0.306 e. The highest BCUT2D eigenvalue weighted by Crippen LogP contribution is 2.16.